The molecule has 11 nitrogen and oxygen atoms in total. The first-order valence-electron chi connectivity index (χ1n) is 29.1. The van der Waals surface area contributed by atoms with Crippen molar-refractivity contribution in [2.75, 3.05) is 37.0 Å². The molecule has 1 aliphatic carbocycles. The van der Waals surface area contributed by atoms with Crippen molar-refractivity contribution in [1.82, 2.24) is 0 Å². The van der Waals surface area contributed by atoms with E-state index in [0.29, 0.717) is 13.2 Å². The molecule has 0 fully saturated rings. The number of aromatic hydroxyl groups is 2. The summed E-state index contributed by atoms with van der Waals surface area (Å²) in [6.45, 7) is 8.08. The van der Waals surface area contributed by atoms with Gasteiger partial charge in [-0.15, -0.1) is 0 Å². The quantitative estimate of drug-likeness (QED) is 0.0477. The third kappa shape index (κ3) is 18.4. The van der Waals surface area contributed by atoms with Gasteiger partial charge in [0.15, 0.2) is 0 Å². The number of hydrogen-bond donors (Lipinski definition) is 5. The Kier molecular flexibility index (Phi) is 23.4. The van der Waals surface area contributed by atoms with Crippen LogP contribution in [0.3, 0.4) is 0 Å². The van der Waals surface area contributed by atoms with Crippen molar-refractivity contribution in [3.05, 3.63) is 294 Å². The zero-order valence-electron chi connectivity index (χ0n) is 49.7. The molecule has 0 amide bonds. The lowest BCUT2D eigenvalue weighted by Gasteiger charge is -2.18. The topological polar surface area (TPSA) is 188 Å². The van der Waals surface area contributed by atoms with E-state index < -0.39 is 0 Å². The van der Waals surface area contributed by atoms with Crippen molar-refractivity contribution in [2.24, 2.45) is 9.98 Å². The maximum atomic E-state index is 10.0. The van der Waals surface area contributed by atoms with Crippen molar-refractivity contribution in [3.63, 3.8) is 0 Å². The highest BCUT2D eigenvalue weighted by atomic mass is 16.5. The molecule has 0 unspecified atom stereocenters. The number of carbonyl (C=O) groups is 1. The molecule has 0 saturated carbocycles. The summed E-state index contributed by atoms with van der Waals surface area (Å²) < 4.78 is 16.5. The van der Waals surface area contributed by atoms with Crippen LogP contribution in [0, 0.1) is 0 Å². The average molecular weight is 1160 g/mol. The number of allylic oxidation sites excluding steroid dienone is 2. The fourth-order valence-electron chi connectivity index (χ4n) is 9.56. The second kappa shape index (κ2) is 32.8. The molecule has 0 atom stereocenters. The predicted molar refractivity (Wildman–Crippen MR) is 367 cm³/mol. The van der Waals surface area contributed by atoms with E-state index in [1.807, 2.05) is 227 Å². The van der Waals surface area contributed by atoms with Gasteiger partial charge < -0.3 is 41.6 Å². The molecule has 442 valence electrons. The number of aldehydes is 1. The maximum absolute atomic E-state index is 10.0. The molecule has 0 bridgehead atoms. The van der Waals surface area contributed by atoms with E-state index in [0.717, 1.165) is 131 Å². The molecule has 0 aliphatic heterocycles. The Labute approximate surface area is 515 Å². The average Bonchev–Trinajstić information content (AvgIpc) is 3.35. The lowest BCUT2D eigenvalue weighted by molar-refractivity contribution is 0.112. The zero-order chi connectivity index (χ0) is 61.9. The number of nitrogen functional groups attached to an aromatic ring is 3. The highest BCUT2D eigenvalue weighted by molar-refractivity contribution is 5.98. The highest BCUT2D eigenvalue weighted by Gasteiger charge is 2.13. The first-order valence-corrected chi connectivity index (χ1v) is 29.1. The number of hydrogen-bond acceptors (Lipinski definition) is 11. The normalized spacial score (nSPS) is 11.2. The molecule has 0 saturated heterocycles. The molecule has 8 N–H and O–H groups in total. The van der Waals surface area contributed by atoms with E-state index >= 15 is 0 Å². The maximum Gasteiger partial charge on any atom is 0.150 e. The van der Waals surface area contributed by atoms with Crippen LogP contribution in [0.5, 0.6) is 23.0 Å². The number of aliphatic imine (C=N–C) groups is 2. The van der Waals surface area contributed by atoms with Crippen LogP contribution in [0.25, 0.3) is 43.1 Å². The first kappa shape index (κ1) is 62.9. The molecule has 0 heterocycles. The molecule has 1 aliphatic rings. The van der Waals surface area contributed by atoms with Crippen molar-refractivity contribution >= 4 is 90.2 Å². The summed E-state index contributed by atoms with van der Waals surface area (Å²) in [5.41, 5.74) is 27.2. The van der Waals surface area contributed by atoms with Gasteiger partial charge in [-0.3, -0.25) is 14.8 Å². The summed E-state index contributed by atoms with van der Waals surface area (Å²) >= 11 is 0. The van der Waals surface area contributed by atoms with E-state index in [1.54, 1.807) is 36.4 Å². The van der Waals surface area contributed by atoms with Gasteiger partial charge in [0, 0.05) is 63.0 Å². The van der Waals surface area contributed by atoms with E-state index in [2.05, 4.69) is 40.3 Å². The number of phenols is 2. The third-order valence-electron chi connectivity index (χ3n) is 13.9. The molecule has 88 heavy (non-hydrogen) atoms. The van der Waals surface area contributed by atoms with Crippen LogP contribution >= 0.6 is 0 Å². The standard InChI is InChI=1S/C19H17NO.C17H13NO.C12H15NO.C12H13NO.C10H9NO.C7H6O/c1-2-21-17-11-12-18-16(13-17)9-6-10-19(18)20-14-15-7-4-3-5-8-15;19-15-9-10-16-14(11-15)7-4-8-17(16)18-12-13-5-2-1-3-6-13;2*1-2-14-10-6-7-11-9(8-10)4-3-5-12(11)13;11-10-3-1-2-7-6-8(12)4-5-9(7)10;8-6-7-4-2-1-3-5-7/h3-14H,2H2,1H3;1-12,19H;3-6H,2,7-8,13H2,1H3;3-8H,2,13H2,1H3;1-6,12H,11H2;1-6H. The molecular formula is C77H73N5O6. The monoisotopic (exact) mass is 1160 g/mol. The van der Waals surface area contributed by atoms with Crippen LogP contribution < -0.4 is 26.7 Å². The summed E-state index contributed by atoms with van der Waals surface area (Å²) in [4.78, 5) is 19.1. The van der Waals surface area contributed by atoms with E-state index in [4.69, 9.17) is 31.4 Å². The van der Waals surface area contributed by atoms with E-state index in [9.17, 15) is 15.0 Å². The molecule has 12 aromatic carbocycles. The highest BCUT2D eigenvalue weighted by Crippen LogP contribution is 2.32. The Balaban J connectivity index is 0.000000140. The van der Waals surface area contributed by atoms with Gasteiger partial charge in [0.1, 0.15) is 29.3 Å². The molecule has 11 heteroatoms. The number of fused-ring (bicyclic) bond motifs is 5. The number of benzene rings is 12. The summed E-state index contributed by atoms with van der Waals surface area (Å²) in [6, 6.07) is 81.4. The lowest BCUT2D eigenvalue weighted by atomic mass is 9.94. The fraction of sp³-hybridized carbons (Fsp3) is 0.104. The molecule has 0 radical (unpaired) electrons. The lowest BCUT2D eigenvalue weighted by Crippen LogP contribution is -2.08. The Morgan fingerprint density at radius 3 is 1.28 bits per heavy atom. The van der Waals surface area contributed by atoms with Crippen LogP contribution in [-0.4, -0.2) is 48.7 Å². The predicted octanol–water partition coefficient (Wildman–Crippen LogP) is 18.0. The summed E-state index contributed by atoms with van der Waals surface area (Å²) in [5.74, 6) is 3.41. The molecule has 0 spiro atoms. The Hall–Kier alpha value is -11.2. The van der Waals surface area contributed by atoms with Gasteiger partial charge in [-0.1, -0.05) is 152 Å². The minimum atomic E-state index is 0.271. The summed E-state index contributed by atoms with van der Waals surface area (Å²) in [5, 5.41) is 27.1. The van der Waals surface area contributed by atoms with Gasteiger partial charge >= 0.3 is 0 Å². The van der Waals surface area contributed by atoms with Gasteiger partial charge in [0.05, 0.1) is 37.0 Å². The summed E-state index contributed by atoms with van der Waals surface area (Å²) in [7, 11) is 0. The van der Waals surface area contributed by atoms with E-state index in [-0.39, 0.29) is 11.5 Å². The van der Waals surface area contributed by atoms with Crippen molar-refractivity contribution in [3.8, 4) is 23.0 Å². The molecule has 13 rings (SSSR count). The van der Waals surface area contributed by atoms with Crippen molar-refractivity contribution in [1.29, 1.82) is 0 Å². The summed E-state index contributed by atoms with van der Waals surface area (Å²) in [6.07, 6.45) is 8.49. The van der Waals surface area contributed by atoms with Crippen LogP contribution in [0.4, 0.5) is 28.4 Å². The zero-order valence-corrected chi connectivity index (χ0v) is 49.7. The van der Waals surface area contributed by atoms with Crippen LogP contribution in [0.1, 0.15) is 53.4 Å². The Bertz CT molecular complexity index is 4290. The van der Waals surface area contributed by atoms with E-state index in [1.165, 1.54) is 11.1 Å². The molecule has 12 aromatic rings. The van der Waals surface area contributed by atoms with Crippen LogP contribution in [0.2, 0.25) is 0 Å². The largest absolute Gasteiger partial charge is 0.508 e. The minimum Gasteiger partial charge on any atom is -0.508 e. The van der Waals surface area contributed by atoms with Gasteiger partial charge in [-0.2, -0.15) is 0 Å². The van der Waals surface area contributed by atoms with Gasteiger partial charge in [0.25, 0.3) is 0 Å². The second-order valence-corrected chi connectivity index (χ2v) is 20.0. The molecule has 0 aromatic heterocycles. The van der Waals surface area contributed by atoms with Crippen molar-refractivity contribution in [2.45, 2.75) is 33.6 Å². The number of anilines is 3. The number of nitrogens with zero attached hydrogens (tertiary/aromatic N) is 2. The molecular weight excluding hydrogens is 1090 g/mol. The Morgan fingerprint density at radius 2 is 0.807 bits per heavy atom. The second-order valence-electron chi connectivity index (χ2n) is 20.0. The first-order chi connectivity index (χ1) is 43.0. The Morgan fingerprint density at radius 1 is 0.409 bits per heavy atom. The van der Waals surface area contributed by atoms with Gasteiger partial charge in [0.2, 0.25) is 0 Å². The third-order valence-corrected chi connectivity index (χ3v) is 13.9. The van der Waals surface area contributed by atoms with Gasteiger partial charge in [-0.25, -0.2) is 0 Å². The number of carbonyl (C=O) groups excluding carboxylic acids is 1. The smallest absolute Gasteiger partial charge is 0.150 e. The number of ether oxygens (including phenoxy) is 3. The van der Waals surface area contributed by atoms with Crippen LogP contribution in [-0.2, 0) is 17.6 Å². The number of rotatable bonds is 11. The number of nitrogens with two attached hydrogens (primary N) is 3. The SMILES string of the molecule is CCOC1=CCc2c(N)cccc2C1.CCOc1ccc2c(N)cccc2c1.CCOc1ccc2c(N=Cc3ccccc3)cccc2c1.Nc1cccc2cc(O)ccc12.O=Cc1ccccc1.Oc1ccc2c(N=Cc3ccccc3)cccc2c1. The number of phenolic OH excluding ortho intramolecular Hbond substituents is 2. The minimum absolute atomic E-state index is 0.271. The van der Waals surface area contributed by atoms with Crippen LogP contribution in [0.15, 0.2) is 277 Å². The fourth-order valence-corrected chi connectivity index (χ4v) is 9.56. The van der Waals surface area contributed by atoms with Crippen molar-refractivity contribution < 1.29 is 29.2 Å². The van der Waals surface area contributed by atoms with Gasteiger partial charge in [-0.05, 0) is 180 Å².